The van der Waals surface area contributed by atoms with Crippen LogP contribution in [0.25, 0.3) is 10.9 Å². The number of H-pyrrole nitrogens is 1. The minimum Gasteiger partial charge on any atom is -0.278 e. The van der Waals surface area contributed by atoms with E-state index in [2.05, 4.69) is 59.0 Å². The molecule has 0 aliphatic carbocycles. The lowest BCUT2D eigenvalue weighted by Gasteiger charge is -2.20. The van der Waals surface area contributed by atoms with Crippen LogP contribution in [0.5, 0.6) is 0 Å². The Hall–Kier alpha value is -0.830. The number of rotatable bonds is 0. The van der Waals surface area contributed by atoms with Crippen LogP contribution >= 0.6 is 15.9 Å². The molecule has 14 heavy (non-hydrogen) atoms. The summed E-state index contributed by atoms with van der Waals surface area (Å²) in [6.07, 6.45) is 1.86. The molecule has 0 fully saturated rings. The van der Waals surface area contributed by atoms with Gasteiger partial charge in [-0.05, 0) is 23.1 Å². The quantitative estimate of drug-likeness (QED) is 0.763. The molecule has 3 heteroatoms. The predicted octanol–water partition coefficient (Wildman–Crippen LogP) is 3.62. The van der Waals surface area contributed by atoms with Gasteiger partial charge in [-0.25, -0.2) is 0 Å². The van der Waals surface area contributed by atoms with E-state index in [9.17, 15) is 0 Å². The van der Waals surface area contributed by atoms with Crippen LogP contribution in [0.2, 0.25) is 0 Å². The van der Waals surface area contributed by atoms with E-state index in [1.54, 1.807) is 0 Å². The maximum Gasteiger partial charge on any atom is 0.0688 e. The van der Waals surface area contributed by atoms with E-state index in [-0.39, 0.29) is 5.41 Å². The number of halogens is 1. The Labute approximate surface area is 91.8 Å². The molecule has 1 heterocycles. The van der Waals surface area contributed by atoms with Gasteiger partial charge in [0, 0.05) is 9.86 Å². The standard InChI is InChI=1S/C11H13BrN2/c1-11(2,3)9-5-8(12)4-7-6-13-14-10(7)9/h4-6H,1-3H3,(H,13,14). The number of benzene rings is 1. The van der Waals surface area contributed by atoms with E-state index in [1.165, 1.54) is 5.56 Å². The highest BCUT2D eigenvalue weighted by atomic mass is 79.9. The number of aromatic nitrogens is 2. The molecule has 0 saturated carbocycles. The highest BCUT2D eigenvalue weighted by molar-refractivity contribution is 9.10. The number of nitrogens with one attached hydrogen (secondary N) is 1. The third-order valence-electron chi connectivity index (χ3n) is 2.32. The zero-order valence-corrected chi connectivity index (χ0v) is 10.1. The monoisotopic (exact) mass is 252 g/mol. The smallest absolute Gasteiger partial charge is 0.0688 e. The molecule has 1 aromatic heterocycles. The van der Waals surface area contributed by atoms with Crippen molar-refractivity contribution < 1.29 is 0 Å². The third kappa shape index (κ3) is 1.57. The first-order valence-electron chi connectivity index (χ1n) is 4.61. The maximum atomic E-state index is 4.07. The normalized spacial score (nSPS) is 12.3. The Morgan fingerprint density at radius 3 is 2.64 bits per heavy atom. The summed E-state index contributed by atoms with van der Waals surface area (Å²) >= 11 is 3.52. The van der Waals surface area contributed by atoms with Gasteiger partial charge in [0.2, 0.25) is 0 Å². The number of hydrogen-bond acceptors (Lipinski definition) is 1. The molecule has 2 aromatic rings. The van der Waals surface area contributed by atoms with Crippen molar-refractivity contribution in [3.05, 3.63) is 28.4 Å². The molecule has 1 aromatic carbocycles. The molecule has 0 saturated heterocycles. The Balaban J connectivity index is 2.80. The first-order valence-corrected chi connectivity index (χ1v) is 5.41. The van der Waals surface area contributed by atoms with Crippen molar-refractivity contribution in [1.29, 1.82) is 0 Å². The molecule has 0 bridgehead atoms. The number of fused-ring (bicyclic) bond motifs is 1. The Morgan fingerprint density at radius 1 is 1.29 bits per heavy atom. The van der Waals surface area contributed by atoms with Crippen molar-refractivity contribution in [1.82, 2.24) is 10.2 Å². The zero-order valence-electron chi connectivity index (χ0n) is 8.56. The van der Waals surface area contributed by atoms with Crippen molar-refractivity contribution in [3.63, 3.8) is 0 Å². The van der Waals surface area contributed by atoms with E-state index >= 15 is 0 Å². The summed E-state index contributed by atoms with van der Waals surface area (Å²) in [6, 6.07) is 4.23. The van der Waals surface area contributed by atoms with Crippen LogP contribution in [-0.4, -0.2) is 10.2 Å². The molecule has 0 spiro atoms. The van der Waals surface area contributed by atoms with Crippen molar-refractivity contribution in [3.8, 4) is 0 Å². The van der Waals surface area contributed by atoms with Gasteiger partial charge in [-0.15, -0.1) is 0 Å². The molecular weight excluding hydrogens is 240 g/mol. The molecule has 2 nitrogen and oxygen atoms in total. The fourth-order valence-electron chi connectivity index (χ4n) is 1.61. The van der Waals surface area contributed by atoms with Crippen LogP contribution in [-0.2, 0) is 5.41 Å². The second-order valence-electron chi connectivity index (χ2n) is 4.54. The van der Waals surface area contributed by atoms with E-state index in [0.29, 0.717) is 0 Å². The Bertz CT molecular complexity index is 466. The number of aromatic amines is 1. The Kier molecular flexibility index (Phi) is 2.14. The van der Waals surface area contributed by atoms with Gasteiger partial charge in [0.05, 0.1) is 11.7 Å². The summed E-state index contributed by atoms with van der Waals surface area (Å²) in [7, 11) is 0. The van der Waals surface area contributed by atoms with Crippen LogP contribution in [0.4, 0.5) is 0 Å². The second-order valence-corrected chi connectivity index (χ2v) is 5.45. The largest absolute Gasteiger partial charge is 0.278 e. The average Bonchev–Trinajstić information content (AvgIpc) is 2.47. The molecule has 2 rings (SSSR count). The van der Waals surface area contributed by atoms with Crippen molar-refractivity contribution >= 4 is 26.8 Å². The first-order chi connectivity index (χ1) is 6.48. The zero-order chi connectivity index (χ0) is 10.3. The van der Waals surface area contributed by atoms with Crippen LogP contribution in [0, 0.1) is 0 Å². The lowest BCUT2D eigenvalue weighted by molar-refractivity contribution is 0.594. The minimum absolute atomic E-state index is 0.133. The fraction of sp³-hybridized carbons (Fsp3) is 0.364. The predicted molar refractivity (Wildman–Crippen MR) is 62.5 cm³/mol. The summed E-state index contributed by atoms with van der Waals surface area (Å²) in [4.78, 5) is 0. The van der Waals surface area contributed by atoms with Crippen molar-refractivity contribution in [2.75, 3.05) is 0 Å². The van der Waals surface area contributed by atoms with Crippen LogP contribution < -0.4 is 0 Å². The van der Waals surface area contributed by atoms with E-state index < -0.39 is 0 Å². The molecule has 1 N–H and O–H groups in total. The van der Waals surface area contributed by atoms with Gasteiger partial charge in [-0.1, -0.05) is 36.7 Å². The van der Waals surface area contributed by atoms with Gasteiger partial charge in [-0.3, -0.25) is 5.10 Å². The SMILES string of the molecule is CC(C)(C)c1cc(Br)cc2cn[nH]c12. The summed E-state index contributed by atoms with van der Waals surface area (Å²) in [5.41, 5.74) is 2.56. The summed E-state index contributed by atoms with van der Waals surface area (Å²) in [5, 5.41) is 8.28. The summed E-state index contributed by atoms with van der Waals surface area (Å²) in [6.45, 7) is 6.61. The van der Waals surface area contributed by atoms with Gasteiger partial charge in [0.1, 0.15) is 0 Å². The first kappa shape index (κ1) is 9.71. The molecule has 0 atom stereocenters. The van der Waals surface area contributed by atoms with Crippen LogP contribution in [0.15, 0.2) is 22.8 Å². The molecule has 0 unspecified atom stereocenters. The van der Waals surface area contributed by atoms with Gasteiger partial charge in [0.25, 0.3) is 0 Å². The lowest BCUT2D eigenvalue weighted by Crippen LogP contribution is -2.11. The highest BCUT2D eigenvalue weighted by Crippen LogP contribution is 2.31. The number of hydrogen-bond donors (Lipinski definition) is 1. The number of nitrogens with zero attached hydrogens (tertiary/aromatic N) is 1. The second kappa shape index (κ2) is 3.09. The highest BCUT2D eigenvalue weighted by Gasteiger charge is 2.18. The van der Waals surface area contributed by atoms with Gasteiger partial charge in [-0.2, -0.15) is 5.10 Å². The Morgan fingerprint density at radius 2 is 2.00 bits per heavy atom. The van der Waals surface area contributed by atoms with Gasteiger partial charge < -0.3 is 0 Å². The molecule has 0 aliphatic rings. The minimum atomic E-state index is 0.133. The maximum absolute atomic E-state index is 4.07. The third-order valence-corrected chi connectivity index (χ3v) is 2.78. The molecule has 74 valence electrons. The molecular formula is C11H13BrN2. The summed E-state index contributed by atoms with van der Waals surface area (Å²) < 4.78 is 1.11. The molecule has 0 radical (unpaired) electrons. The van der Waals surface area contributed by atoms with Crippen LogP contribution in [0.3, 0.4) is 0 Å². The van der Waals surface area contributed by atoms with E-state index in [0.717, 1.165) is 15.4 Å². The van der Waals surface area contributed by atoms with Crippen LogP contribution in [0.1, 0.15) is 26.3 Å². The van der Waals surface area contributed by atoms with Gasteiger partial charge >= 0.3 is 0 Å². The average molecular weight is 253 g/mol. The topological polar surface area (TPSA) is 28.7 Å². The van der Waals surface area contributed by atoms with Crippen molar-refractivity contribution in [2.24, 2.45) is 0 Å². The van der Waals surface area contributed by atoms with Crippen molar-refractivity contribution in [2.45, 2.75) is 26.2 Å². The molecule has 0 amide bonds. The van der Waals surface area contributed by atoms with E-state index in [1.807, 2.05) is 6.20 Å². The fourth-order valence-corrected chi connectivity index (χ4v) is 2.09. The summed E-state index contributed by atoms with van der Waals surface area (Å²) in [5.74, 6) is 0. The van der Waals surface area contributed by atoms with E-state index in [4.69, 9.17) is 0 Å². The van der Waals surface area contributed by atoms with Gasteiger partial charge in [0.15, 0.2) is 0 Å². The molecule has 0 aliphatic heterocycles. The lowest BCUT2D eigenvalue weighted by atomic mass is 9.86.